The third-order valence-corrected chi connectivity index (χ3v) is 4.32. The lowest BCUT2D eigenvalue weighted by Gasteiger charge is -2.43. The molecule has 0 bridgehead atoms. The standard InChI is InChI=1S/C13H17BrN2.2ClH/c1-15-6-7-16-5-4-10-8-11(14)2-3-12(10)13(16)9-15;;/h2-3,8,13H,4-7,9H2,1H3;2*1H. The Balaban J connectivity index is 0.000000810. The van der Waals surface area contributed by atoms with E-state index >= 15 is 0 Å². The van der Waals surface area contributed by atoms with Gasteiger partial charge in [-0.2, -0.15) is 0 Å². The number of likely N-dealkylation sites (N-methyl/N-ethyl adjacent to an activating group) is 1. The van der Waals surface area contributed by atoms with Crippen molar-refractivity contribution < 1.29 is 0 Å². The van der Waals surface area contributed by atoms with E-state index in [1.807, 2.05) is 0 Å². The third kappa shape index (κ3) is 3.02. The van der Waals surface area contributed by atoms with Gasteiger partial charge in [-0.3, -0.25) is 4.90 Å². The molecule has 1 fully saturated rings. The smallest absolute Gasteiger partial charge is 0.0478 e. The SMILES string of the molecule is CN1CCN2CCc3cc(Br)ccc3C2C1.Cl.Cl. The maximum atomic E-state index is 3.57. The van der Waals surface area contributed by atoms with E-state index in [9.17, 15) is 0 Å². The summed E-state index contributed by atoms with van der Waals surface area (Å²) in [4.78, 5) is 5.08. The Bertz CT molecular complexity index is 414. The van der Waals surface area contributed by atoms with Gasteiger partial charge in [0, 0.05) is 36.7 Å². The molecule has 0 amide bonds. The quantitative estimate of drug-likeness (QED) is 0.707. The van der Waals surface area contributed by atoms with Gasteiger partial charge in [-0.25, -0.2) is 0 Å². The lowest BCUT2D eigenvalue weighted by molar-refractivity contribution is 0.0825. The predicted molar refractivity (Wildman–Crippen MR) is 84.2 cm³/mol. The zero-order chi connectivity index (χ0) is 11.1. The molecule has 2 nitrogen and oxygen atoms in total. The van der Waals surface area contributed by atoms with Crippen molar-refractivity contribution >= 4 is 40.7 Å². The first-order chi connectivity index (χ1) is 7.74. The molecule has 0 spiro atoms. The Labute approximate surface area is 130 Å². The van der Waals surface area contributed by atoms with E-state index in [0.717, 1.165) is 0 Å². The number of hydrogen-bond donors (Lipinski definition) is 0. The Morgan fingerprint density at radius 2 is 1.94 bits per heavy atom. The molecule has 3 rings (SSSR count). The molecule has 1 unspecified atom stereocenters. The van der Waals surface area contributed by atoms with Gasteiger partial charge in [0.1, 0.15) is 0 Å². The van der Waals surface area contributed by atoms with Gasteiger partial charge in [0.2, 0.25) is 0 Å². The van der Waals surface area contributed by atoms with Crippen LogP contribution in [0.2, 0.25) is 0 Å². The minimum Gasteiger partial charge on any atom is -0.303 e. The molecule has 5 heteroatoms. The first-order valence-corrected chi connectivity index (χ1v) is 6.74. The van der Waals surface area contributed by atoms with E-state index in [4.69, 9.17) is 0 Å². The summed E-state index contributed by atoms with van der Waals surface area (Å²) < 4.78 is 1.21. The van der Waals surface area contributed by atoms with Crippen molar-refractivity contribution in [3.8, 4) is 0 Å². The zero-order valence-corrected chi connectivity index (χ0v) is 13.7. The maximum absolute atomic E-state index is 3.57. The van der Waals surface area contributed by atoms with Crippen LogP contribution in [0.15, 0.2) is 22.7 Å². The van der Waals surface area contributed by atoms with Gasteiger partial charge in [-0.1, -0.05) is 22.0 Å². The second-order valence-corrected chi connectivity index (χ2v) is 5.82. The van der Waals surface area contributed by atoms with E-state index in [2.05, 4.69) is 51.0 Å². The van der Waals surface area contributed by atoms with Crippen molar-refractivity contribution in [3.63, 3.8) is 0 Å². The second-order valence-electron chi connectivity index (χ2n) is 4.91. The van der Waals surface area contributed by atoms with Gasteiger partial charge in [0.15, 0.2) is 0 Å². The molecule has 0 aliphatic carbocycles. The van der Waals surface area contributed by atoms with Crippen LogP contribution in [-0.2, 0) is 6.42 Å². The molecule has 2 aliphatic rings. The summed E-state index contributed by atoms with van der Waals surface area (Å²) in [5, 5.41) is 0. The molecule has 1 aromatic carbocycles. The molecule has 1 atom stereocenters. The van der Waals surface area contributed by atoms with Crippen LogP contribution in [0.4, 0.5) is 0 Å². The molecule has 0 radical (unpaired) electrons. The van der Waals surface area contributed by atoms with Crippen LogP contribution in [0.3, 0.4) is 0 Å². The monoisotopic (exact) mass is 352 g/mol. The van der Waals surface area contributed by atoms with Crippen molar-refractivity contribution in [3.05, 3.63) is 33.8 Å². The number of hydrogen-bond acceptors (Lipinski definition) is 2. The van der Waals surface area contributed by atoms with Crippen molar-refractivity contribution in [1.29, 1.82) is 0 Å². The van der Waals surface area contributed by atoms with Gasteiger partial charge in [-0.15, -0.1) is 24.8 Å². The first kappa shape index (κ1) is 16.3. The summed E-state index contributed by atoms with van der Waals surface area (Å²) in [7, 11) is 2.23. The van der Waals surface area contributed by atoms with Crippen LogP contribution in [0, 0.1) is 0 Å². The Morgan fingerprint density at radius 3 is 2.72 bits per heavy atom. The van der Waals surface area contributed by atoms with E-state index in [-0.39, 0.29) is 24.8 Å². The van der Waals surface area contributed by atoms with Crippen LogP contribution < -0.4 is 0 Å². The first-order valence-electron chi connectivity index (χ1n) is 5.95. The van der Waals surface area contributed by atoms with Crippen molar-refractivity contribution in [2.24, 2.45) is 0 Å². The van der Waals surface area contributed by atoms with E-state index in [1.165, 1.54) is 42.6 Å². The highest BCUT2D eigenvalue weighted by Crippen LogP contribution is 2.33. The van der Waals surface area contributed by atoms with Crippen LogP contribution in [0.5, 0.6) is 0 Å². The normalized spacial score (nSPS) is 23.3. The van der Waals surface area contributed by atoms with Gasteiger partial charge in [0.25, 0.3) is 0 Å². The molecule has 1 saturated heterocycles. The molecule has 1 aromatic rings. The minimum atomic E-state index is 0. The van der Waals surface area contributed by atoms with Crippen LogP contribution in [-0.4, -0.2) is 43.0 Å². The molecule has 18 heavy (non-hydrogen) atoms. The predicted octanol–water partition coefficient (Wildman–Crippen LogP) is 3.14. The third-order valence-electron chi connectivity index (χ3n) is 3.83. The van der Waals surface area contributed by atoms with Crippen molar-refractivity contribution in [2.75, 3.05) is 33.2 Å². The van der Waals surface area contributed by atoms with Crippen molar-refractivity contribution in [2.45, 2.75) is 12.5 Å². The maximum Gasteiger partial charge on any atom is 0.0478 e. The number of fused-ring (bicyclic) bond motifs is 3. The number of rotatable bonds is 0. The van der Waals surface area contributed by atoms with Gasteiger partial charge >= 0.3 is 0 Å². The molecule has 0 N–H and O–H groups in total. The fourth-order valence-corrected chi connectivity index (χ4v) is 3.31. The van der Waals surface area contributed by atoms with Gasteiger partial charge < -0.3 is 4.90 Å². The van der Waals surface area contributed by atoms with Crippen LogP contribution in [0.25, 0.3) is 0 Å². The Morgan fingerprint density at radius 1 is 1.17 bits per heavy atom. The highest BCUT2D eigenvalue weighted by Gasteiger charge is 2.31. The fraction of sp³-hybridized carbons (Fsp3) is 0.538. The highest BCUT2D eigenvalue weighted by atomic mass is 79.9. The molecule has 102 valence electrons. The van der Waals surface area contributed by atoms with Gasteiger partial charge in [0.05, 0.1) is 0 Å². The molecular weight excluding hydrogens is 335 g/mol. The lowest BCUT2D eigenvalue weighted by Crippen LogP contribution is -2.49. The van der Waals surface area contributed by atoms with Crippen LogP contribution in [0.1, 0.15) is 17.2 Å². The van der Waals surface area contributed by atoms with Crippen molar-refractivity contribution in [1.82, 2.24) is 9.80 Å². The topological polar surface area (TPSA) is 6.48 Å². The molecular formula is C13H19BrCl2N2. The highest BCUT2D eigenvalue weighted by molar-refractivity contribution is 9.10. The van der Waals surface area contributed by atoms with Crippen LogP contribution >= 0.6 is 40.7 Å². The number of nitrogens with zero attached hydrogens (tertiary/aromatic N) is 2. The summed E-state index contributed by atoms with van der Waals surface area (Å²) >= 11 is 3.57. The summed E-state index contributed by atoms with van der Waals surface area (Å²) in [6.07, 6.45) is 1.20. The molecule has 0 aromatic heterocycles. The second kappa shape index (κ2) is 6.58. The summed E-state index contributed by atoms with van der Waals surface area (Å²) in [6.45, 7) is 4.83. The largest absolute Gasteiger partial charge is 0.303 e. The summed E-state index contributed by atoms with van der Waals surface area (Å²) in [5.41, 5.74) is 3.08. The average Bonchev–Trinajstić information content (AvgIpc) is 2.28. The molecule has 2 aliphatic heterocycles. The van der Waals surface area contributed by atoms with E-state index in [1.54, 1.807) is 5.56 Å². The Kier molecular flexibility index (Phi) is 5.94. The lowest BCUT2D eigenvalue weighted by atomic mass is 9.91. The minimum absolute atomic E-state index is 0. The van der Waals surface area contributed by atoms with E-state index in [0.29, 0.717) is 6.04 Å². The number of benzene rings is 1. The molecule has 0 saturated carbocycles. The number of piperazine rings is 1. The average molecular weight is 354 g/mol. The summed E-state index contributed by atoms with van der Waals surface area (Å²) in [5.74, 6) is 0. The summed E-state index contributed by atoms with van der Waals surface area (Å²) in [6, 6.07) is 7.39. The fourth-order valence-electron chi connectivity index (χ4n) is 2.90. The molecule has 2 heterocycles. The van der Waals surface area contributed by atoms with Gasteiger partial charge in [-0.05, 0) is 36.7 Å². The number of halogens is 3. The van der Waals surface area contributed by atoms with E-state index < -0.39 is 0 Å². The Hall–Kier alpha value is 0.200. The zero-order valence-electron chi connectivity index (χ0n) is 10.4.